The predicted molar refractivity (Wildman–Crippen MR) is 55.9 cm³/mol. The summed E-state index contributed by atoms with van der Waals surface area (Å²) in [6.07, 6.45) is 7.13. The van der Waals surface area contributed by atoms with Gasteiger partial charge < -0.3 is 10.6 Å². The summed E-state index contributed by atoms with van der Waals surface area (Å²) in [6.45, 7) is 5.81. The van der Waals surface area contributed by atoms with Crippen molar-refractivity contribution >= 4 is 0 Å². The highest BCUT2D eigenvalue weighted by Crippen LogP contribution is 2.42. The first-order valence-corrected chi connectivity index (χ1v) is 5.81. The highest BCUT2D eigenvalue weighted by Gasteiger charge is 2.43. The fraction of sp³-hybridized carbons (Fsp3) is 1.00. The molecule has 2 rings (SSSR count). The molecule has 2 unspecified atom stereocenters. The Bertz CT molecular complexity index is 169. The van der Waals surface area contributed by atoms with Crippen LogP contribution in [-0.4, -0.2) is 25.7 Å². The first-order chi connectivity index (χ1) is 6.37. The minimum absolute atomic E-state index is 0.619. The molecule has 0 radical (unpaired) electrons. The largest absolute Gasteiger partial charge is 0.316 e. The van der Waals surface area contributed by atoms with E-state index in [1.54, 1.807) is 0 Å². The molecular formula is C11H22N2. The maximum atomic E-state index is 3.67. The molecule has 1 aliphatic carbocycles. The van der Waals surface area contributed by atoms with Crippen LogP contribution in [0.2, 0.25) is 0 Å². The van der Waals surface area contributed by atoms with Crippen molar-refractivity contribution in [3.8, 4) is 0 Å². The van der Waals surface area contributed by atoms with Gasteiger partial charge in [0.2, 0.25) is 0 Å². The summed E-state index contributed by atoms with van der Waals surface area (Å²) in [4.78, 5) is 0. The molecule has 13 heavy (non-hydrogen) atoms. The van der Waals surface area contributed by atoms with Crippen LogP contribution in [0.5, 0.6) is 0 Å². The Kier molecular flexibility index (Phi) is 2.89. The van der Waals surface area contributed by atoms with E-state index >= 15 is 0 Å². The lowest BCUT2D eigenvalue weighted by Gasteiger charge is -2.39. The van der Waals surface area contributed by atoms with Gasteiger partial charge in [-0.25, -0.2) is 0 Å². The second kappa shape index (κ2) is 3.97. The second-order valence-corrected chi connectivity index (χ2v) is 4.65. The quantitative estimate of drug-likeness (QED) is 0.691. The van der Waals surface area contributed by atoms with Crippen molar-refractivity contribution in [1.29, 1.82) is 0 Å². The Balaban J connectivity index is 1.98. The topological polar surface area (TPSA) is 24.1 Å². The number of fused-ring (bicyclic) bond motifs is 1. The van der Waals surface area contributed by atoms with Crippen molar-refractivity contribution in [3.05, 3.63) is 0 Å². The molecule has 76 valence electrons. The number of nitrogens with one attached hydrogen (secondary N) is 2. The summed E-state index contributed by atoms with van der Waals surface area (Å²) in [6, 6.07) is 0.820. The molecule has 2 atom stereocenters. The third-order valence-electron chi connectivity index (χ3n) is 3.90. The smallest absolute Gasteiger partial charge is 0.0136 e. The zero-order valence-corrected chi connectivity index (χ0v) is 8.73. The van der Waals surface area contributed by atoms with Crippen LogP contribution in [0.25, 0.3) is 0 Å². The van der Waals surface area contributed by atoms with Gasteiger partial charge in [0.25, 0.3) is 0 Å². The SMILES string of the molecule is CCNCC12CCCCC1NCC2. The molecule has 2 N–H and O–H groups in total. The molecule has 0 spiro atoms. The van der Waals surface area contributed by atoms with E-state index in [2.05, 4.69) is 17.6 Å². The van der Waals surface area contributed by atoms with E-state index in [1.165, 1.54) is 45.2 Å². The molecule has 0 aromatic heterocycles. The van der Waals surface area contributed by atoms with Crippen LogP contribution in [0.15, 0.2) is 0 Å². The van der Waals surface area contributed by atoms with E-state index in [0.717, 1.165) is 12.6 Å². The van der Waals surface area contributed by atoms with Crippen molar-refractivity contribution in [2.75, 3.05) is 19.6 Å². The van der Waals surface area contributed by atoms with Crippen LogP contribution in [0.4, 0.5) is 0 Å². The molecule has 2 aliphatic rings. The molecule has 2 nitrogen and oxygen atoms in total. The highest BCUT2D eigenvalue weighted by atomic mass is 15.0. The van der Waals surface area contributed by atoms with Gasteiger partial charge in [0, 0.05) is 12.6 Å². The average Bonchev–Trinajstić information content (AvgIpc) is 2.58. The first-order valence-electron chi connectivity index (χ1n) is 5.81. The Morgan fingerprint density at radius 3 is 3.15 bits per heavy atom. The lowest BCUT2D eigenvalue weighted by molar-refractivity contribution is 0.168. The summed E-state index contributed by atoms with van der Waals surface area (Å²) < 4.78 is 0. The standard InChI is InChI=1S/C11H22N2/c1-2-12-9-11-6-4-3-5-10(11)13-8-7-11/h10,12-13H,2-9H2,1H3. The molecule has 1 saturated carbocycles. The van der Waals surface area contributed by atoms with Crippen molar-refractivity contribution in [3.63, 3.8) is 0 Å². The lowest BCUT2D eigenvalue weighted by Crippen LogP contribution is -2.45. The van der Waals surface area contributed by atoms with Crippen LogP contribution in [0, 0.1) is 5.41 Å². The van der Waals surface area contributed by atoms with E-state index in [0.29, 0.717) is 5.41 Å². The Morgan fingerprint density at radius 2 is 2.31 bits per heavy atom. The van der Waals surface area contributed by atoms with Gasteiger partial charge in [0.05, 0.1) is 0 Å². The maximum Gasteiger partial charge on any atom is 0.0136 e. The molecule has 1 saturated heterocycles. The van der Waals surface area contributed by atoms with Gasteiger partial charge in [-0.1, -0.05) is 19.8 Å². The summed E-state index contributed by atoms with van der Waals surface area (Å²) in [5, 5.41) is 7.21. The first kappa shape index (κ1) is 9.47. The van der Waals surface area contributed by atoms with Gasteiger partial charge in [-0.2, -0.15) is 0 Å². The van der Waals surface area contributed by atoms with Crippen LogP contribution in [0.1, 0.15) is 39.0 Å². The van der Waals surface area contributed by atoms with Crippen LogP contribution in [0.3, 0.4) is 0 Å². The normalized spacial score (nSPS) is 39.0. The number of rotatable bonds is 3. The molecule has 1 aliphatic heterocycles. The third-order valence-corrected chi connectivity index (χ3v) is 3.90. The van der Waals surface area contributed by atoms with Crippen molar-refractivity contribution < 1.29 is 0 Å². The van der Waals surface area contributed by atoms with Crippen molar-refractivity contribution in [2.45, 2.75) is 45.1 Å². The van der Waals surface area contributed by atoms with Gasteiger partial charge in [-0.05, 0) is 37.8 Å². The van der Waals surface area contributed by atoms with Crippen LogP contribution >= 0.6 is 0 Å². The van der Waals surface area contributed by atoms with Gasteiger partial charge in [-0.3, -0.25) is 0 Å². The predicted octanol–water partition coefficient (Wildman–Crippen LogP) is 1.52. The van der Waals surface area contributed by atoms with Gasteiger partial charge in [0.15, 0.2) is 0 Å². The second-order valence-electron chi connectivity index (χ2n) is 4.65. The van der Waals surface area contributed by atoms with Gasteiger partial charge in [0.1, 0.15) is 0 Å². The maximum absolute atomic E-state index is 3.67. The van der Waals surface area contributed by atoms with Crippen molar-refractivity contribution in [2.24, 2.45) is 5.41 Å². The average molecular weight is 182 g/mol. The summed E-state index contributed by atoms with van der Waals surface area (Å²) in [5.41, 5.74) is 0.619. The number of hydrogen-bond acceptors (Lipinski definition) is 2. The molecule has 0 amide bonds. The lowest BCUT2D eigenvalue weighted by atomic mass is 9.70. The van der Waals surface area contributed by atoms with E-state index in [9.17, 15) is 0 Å². The monoisotopic (exact) mass is 182 g/mol. The van der Waals surface area contributed by atoms with E-state index in [4.69, 9.17) is 0 Å². The minimum Gasteiger partial charge on any atom is -0.316 e. The zero-order chi connectivity index (χ0) is 9.15. The highest BCUT2D eigenvalue weighted by molar-refractivity contribution is 5.00. The molecule has 0 aromatic rings. The zero-order valence-electron chi connectivity index (χ0n) is 8.73. The Hall–Kier alpha value is -0.0800. The molecule has 1 heterocycles. The minimum atomic E-state index is 0.619. The van der Waals surface area contributed by atoms with Crippen LogP contribution < -0.4 is 10.6 Å². The van der Waals surface area contributed by atoms with Gasteiger partial charge in [-0.15, -0.1) is 0 Å². The third kappa shape index (κ3) is 1.75. The molecule has 0 bridgehead atoms. The summed E-state index contributed by atoms with van der Waals surface area (Å²) in [7, 11) is 0. The van der Waals surface area contributed by atoms with Gasteiger partial charge >= 0.3 is 0 Å². The molecule has 0 aromatic carbocycles. The molecule has 2 heteroatoms. The number of hydrogen-bond donors (Lipinski definition) is 2. The fourth-order valence-electron chi connectivity index (χ4n) is 3.09. The summed E-state index contributed by atoms with van der Waals surface area (Å²) >= 11 is 0. The van der Waals surface area contributed by atoms with Crippen molar-refractivity contribution in [1.82, 2.24) is 10.6 Å². The Morgan fingerprint density at radius 1 is 1.38 bits per heavy atom. The molecule has 2 fully saturated rings. The van der Waals surface area contributed by atoms with E-state index in [-0.39, 0.29) is 0 Å². The van der Waals surface area contributed by atoms with Crippen LogP contribution in [-0.2, 0) is 0 Å². The Labute approximate surface area is 81.5 Å². The van der Waals surface area contributed by atoms with E-state index < -0.39 is 0 Å². The molecular weight excluding hydrogens is 160 g/mol. The van der Waals surface area contributed by atoms with E-state index in [1.807, 2.05) is 0 Å². The summed E-state index contributed by atoms with van der Waals surface area (Å²) in [5.74, 6) is 0. The fourth-order valence-corrected chi connectivity index (χ4v) is 3.09.